The van der Waals surface area contributed by atoms with E-state index in [1.165, 1.54) is 12.8 Å². The van der Waals surface area contributed by atoms with E-state index in [1.807, 2.05) is 36.4 Å². The van der Waals surface area contributed by atoms with Crippen LogP contribution in [-0.2, 0) is 13.2 Å². The molecule has 0 aromatic heterocycles. The SMILES string of the molecule is COc1cc(Cl)cc(CNC2CC2)c1OCc1ccccc1.Cl. The lowest BCUT2D eigenvalue weighted by atomic mass is 10.1. The van der Waals surface area contributed by atoms with Gasteiger partial charge in [-0.1, -0.05) is 41.9 Å². The second-order valence-electron chi connectivity index (χ2n) is 5.53. The second-order valence-corrected chi connectivity index (χ2v) is 5.96. The lowest BCUT2D eigenvalue weighted by Crippen LogP contribution is -2.16. The average Bonchev–Trinajstić information content (AvgIpc) is 3.36. The standard InChI is InChI=1S/C18H20ClNO2.ClH/c1-21-17-10-15(19)9-14(11-20-16-7-8-16)18(17)22-12-13-5-3-2-4-6-13;/h2-6,9-10,16,20H,7-8,11-12H2,1H3;1H. The zero-order valence-electron chi connectivity index (χ0n) is 13.0. The van der Waals surface area contributed by atoms with Gasteiger partial charge in [0.1, 0.15) is 6.61 Å². The number of hydrogen-bond acceptors (Lipinski definition) is 3. The number of ether oxygens (including phenoxy) is 2. The maximum absolute atomic E-state index is 6.19. The van der Waals surface area contributed by atoms with Crippen LogP contribution < -0.4 is 14.8 Å². The van der Waals surface area contributed by atoms with Crippen LogP contribution in [-0.4, -0.2) is 13.2 Å². The highest BCUT2D eigenvalue weighted by Crippen LogP contribution is 2.35. The van der Waals surface area contributed by atoms with Gasteiger partial charge in [0.25, 0.3) is 0 Å². The molecule has 5 heteroatoms. The van der Waals surface area contributed by atoms with Gasteiger partial charge in [-0.25, -0.2) is 0 Å². The number of nitrogens with one attached hydrogen (secondary N) is 1. The number of benzene rings is 2. The van der Waals surface area contributed by atoms with Crippen LogP contribution >= 0.6 is 24.0 Å². The largest absolute Gasteiger partial charge is 0.493 e. The summed E-state index contributed by atoms with van der Waals surface area (Å²) in [5.74, 6) is 1.44. The van der Waals surface area contributed by atoms with Crippen molar-refractivity contribution < 1.29 is 9.47 Å². The third-order valence-corrected chi connectivity index (χ3v) is 3.92. The maximum atomic E-state index is 6.19. The topological polar surface area (TPSA) is 30.5 Å². The third kappa shape index (κ3) is 5.03. The van der Waals surface area contributed by atoms with Crippen molar-refractivity contribution in [3.8, 4) is 11.5 Å². The molecule has 0 aliphatic heterocycles. The fourth-order valence-corrected chi connectivity index (χ4v) is 2.57. The summed E-state index contributed by atoms with van der Waals surface area (Å²) in [4.78, 5) is 0. The van der Waals surface area contributed by atoms with Crippen molar-refractivity contribution in [2.24, 2.45) is 0 Å². The van der Waals surface area contributed by atoms with Crippen LogP contribution in [0.15, 0.2) is 42.5 Å². The summed E-state index contributed by atoms with van der Waals surface area (Å²) in [6.07, 6.45) is 2.50. The minimum Gasteiger partial charge on any atom is -0.493 e. The molecule has 0 heterocycles. The molecule has 23 heavy (non-hydrogen) atoms. The number of methoxy groups -OCH3 is 1. The molecule has 2 aromatic carbocycles. The van der Waals surface area contributed by atoms with E-state index in [1.54, 1.807) is 13.2 Å². The van der Waals surface area contributed by atoms with Crippen LogP contribution in [0.25, 0.3) is 0 Å². The van der Waals surface area contributed by atoms with Gasteiger partial charge in [0, 0.05) is 29.2 Å². The first kappa shape index (κ1) is 17.9. The van der Waals surface area contributed by atoms with Crippen LogP contribution in [0.4, 0.5) is 0 Å². The number of halogens is 2. The summed E-state index contributed by atoms with van der Waals surface area (Å²) in [7, 11) is 1.64. The van der Waals surface area contributed by atoms with Crippen molar-refractivity contribution in [1.82, 2.24) is 5.32 Å². The Morgan fingerprint density at radius 3 is 2.57 bits per heavy atom. The number of rotatable bonds is 7. The first-order valence-electron chi connectivity index (χ1n) is 7.53. The fourth-order valence-electron chi connectivity index (χ4n) is 2.34. The molecule has 0 bridgehead atoms. The van der Waals surface area contributed by atoms with E-state index in [2.05, 4.69) is 5.32 Å². The van der Waals surface area contributed by atoms with E-state index in [0.29, 0.717) is 23.4 Å². The molecule has 0 unspecified atom stereocenters. The lowest BCUT2D eigenvalue weighted by molar-refractivity contribution is 0.280. The maximum Gasteiger partial charge on any atom is 0.166 e. The zero-order chi connectivity index (χ0) is 15.4. The minimum atomic E-state index is 0. The highest BCUT2D eigenvalue weighted by Gasteiger charge is 2.21. The van der Waals surface area contributed by atoms with E-state index in [0.717, 1.165) is 23.4 Å². The predicted molar refractivity (Wildman–Crippen MR) is 95.9 cm³/mol. The molecule has 1 aliphatic carbocycles. The molecular weight excluding hydrogens is 333 g/mol. The Morgan fingerprint density at radius 1 is 1.17 bits per heavy atom. The van der Waals surface area contributed by atoms with Gasteiger partial charge in [-0.15, -0.1) is 12.4 Å². The lowest BCUT2D eigenvalue weighted by Gasteiger charge is -2.16. The summed E-state index contributed by atoms with van der Waals surface area (Å²) in [5, 5.41) is 4.16. The summed E-state index contributed by atoms with van der Waals surface area (Å²) < 4.78 is 11.5. The molecule has 1 fully saturated rings. The summed E-state index contributed by atoms with van der Waals surface area (Å²) in [6, 6.07) is 14.5. The quantitative estimate of drug-likeness (QED) is 0.788. The van der Waals surface area contributed by atoms with Gasteiger partial charge in [0.2, 0.25) is 0 Å². The molecule has 2 aromatic rings. The molecule has 0 saturated heterocycles. The van der Waals surface area contributed by atoms with E-state index < -0.39 is 0 Å². The average molecular weight is 354 g/mol. The first-order valence-corrected chi connectivity index (χ1v) is 7.90. The van der Waals surface area contributed by atoms with Crippen LogP contribution in [0.2, 0.25) is 5.02 Å². The van der Waals surface area contributed by atoms with Gasteiger partial charge < -0.3 is 14.8 Å². The summed E-state index contributed by atoms with van der Waals surface area (Å²) in [6.45, 7) is 1.25. The third-order valence-electron chi connectivity index (χ3n) is 3.70. The van der Waals surface area contributed by atoms with Crippen molar-refractivity contribution >= 4 is 24.0 Å². The van der Waals surface area contributed by atoms with Crippen LogP contribution in [0, 0.1) is 0 Å². The molecule has 1 saturated carbocycles. The smallest absolute Gasteiger partial charge is 0.166 e. The normalized spacial score (nSPS) is 13.3. The highest BCUT2D eigenvalue weighted by atomic mass is 35.5. The Bertz CT molecular complexity index is 630. The summed E-state index contributed by atoms with van der Waals surface area (Å²) >= 11 is 6.19. The van der Waals surface area contributed by atoms with E-state index in [4.69, 9.17) is 21.1 Å². The predicted octanol–water partition coefficient (Wildman–Crippen LogP) is 4.60. The molecule has 0 atom stereocenters. The van der Waals surface area contributed by atoms with Gasteiger partial charge in [0.15, 0.2) is 11.5 Å². The molecule has 0 spiro atoms. The van der Waals surface area contributed by atoms with Crippen molar-refractivity contribution in [2.75, 3.05) is 7.11 Å². The van der Waals surface area contributed by atoms with E-state index >= 15 is 0 Å². The molecule has 124 valence electrons. The Labute approximate surface area is 148 Å². The van der Waals surface area contributed by atoms with E-state index in [-0.39, 0.29) is 12.4 Å². The van der Waals surface area contributed by atoms with Crippen molar-refractivity contribution in [2.45, 2.75) is 32.0 Å². The molecule has 1 N–H and O–H groups in total. The minimum absolute atomic E-state index is 0. The molecule has 0 radical (unpaired) electrons. The van der Waals surface area contributed by atoms with Crippen LogP contribution in [0.5, 0.6) is 11.5 Å². The fraction of sp³-hybridized carbons (Fsp3) is 0.333. The molecule has 3 nitrogen and oxygen atoms in total. The van der Waals surface area contributed by atoms with Crippen molar-refractivity contribution in [3.63, 3.8) is 0 Å². The van der Waals surface area contributed by atoms with E-state index in [9.17, 15) is 0 Å². The molecule has 0 amide bonds. The highest BCUT2D eigenvalue weighted by molar-refractivity contribution is 6.30. The van der Waals surface area contributed by atoms with Crippen molar-refractivity contribution in [1.29, 1.82) is 0 Å². The van der Waals surface area contributed by atoms with Gasteiger partial charge >= 0.3 is 0 Å². The Morgan fingerprint density at radius 2 is 1.91 bits per heavy atom. The second kappa shape index (κ2) is 8.44. The van der Waals surface area contributed by atoms with Gasteiger partial charge in [0.05, 0.1) is 7.11 Å². The van der Waals surface area contributed by atoms with Crippen LogP contribution in [0.1, 0.15) is 24.0 Å². The Balaban J connectivity index is 0.00000192. The van der Waals surface area contributed by atoms with Crippen molar-refractivity contribution in [3.05, 3.63) is 58.6 Å². The Kier molecular flexibility index (Phi) is 6.58. The van der Waals surface area contributed by atoms with Gasteiger partial charge in [-0.3, -0.25) is 0 Å². The monoisotopic (exact) mass is 353 g/mol. The Hall–Kier alpha value is -1.42. The van der Waals surface area contributed by atoms with Crippen LogP contribution in [0.3, 0.4) is 0 Å². The molecule has 1 aliphatic rings. The van der Waals surface area contributed by atoms with Gasteiger partial charge in [-0.2, -0.15) is 0 Å². The van der Waals surface area contributed by atoms with Gasteiger partial charge in [-0.05, 0) is 24.5 Å². The summed E-state index contributed by atoms with van der Waals surface area (Å²) in [5.41, 5.74) is 2.16. The first-order chi connectivity index (χ1) is 10.8. The molecule has 3 rings (SSSR count). The zero-order valence-corrected chi connectivity index (χ0v) is 14.6. The molecular formula is C18H21Cl2NO2. The number of hydrogen-bond donors (Lipinski definition) is 1.